The summed E-state index contributed by atoms with van der Waals surface area (Å²) in [5, 5.41) is 11.0. The van der Waals surface area contributed by atoms with Crippen molar-refractivity contribution in [2.45, 2.75) is 25.7 Å². The zero-order chi connectivity index (χ0) is 20.8. The molecule has 1 fully saturated rings. The van der Waals surface area contributed by atoms with Gasteiger partial charge in [-0.1, -0.05) is 36.4 Å². The lowest BCUT2D eigenvalue weighted by Crippen LogP contribution is -2.41. The number of benzene rings is 2. The Hall–Kier alpha value is -3.48. The van der Waals surface area contributed by atoms with Crippen LogP contribution in [0.15, 0.2) is 65.1 Å². The van der Waals surface area contributed by atoms with Gasteiger partial charge >= 0.3 is 0 Å². The molecule has 3 aromatic rings. The van der Waals surface area contributed by atoms with Gasteiger partial charge in [0.15, 0.2) is 0 Å². The van der Waals surface area contributed by atoms with Crippen molar-refractivity contribution in [1.82, 2.24) is 15.1 Å². The molecule has 1 aromatic heterocycles. The van der Waals surface area contributed by atoms with Gasteiger partial charge < -0.3 is 14.6 Å². The van der Waals surface area contributed by atoms with Crippen molar-refractivity contribution < 1.29 is 14.0 Å². The van der Waals surface area contributed by atoms with Crippen LogP contribution >= 0.6 is 0 Å². The van der Waals surface area contributed by atoms with Gasteiger partial charge in [-0.2, -0.15) is 0 Å². The van der Waals surface area contributed by atoms with E-state index in [-0.39, 0.29) is 17.7 Å². The van der Waals surface area contributed by atoms with Crippen molar-refractivity contribution in [3.05, 3.63) is 66.6 Å². The molecule has 154 valence electrons. The van der Waals surface area contributed by atoms with Crippen molar-refractivity contribution in [3.63, 3.8) is 0 Å². The molecule has 0 spiro atoms. The summed E-state index contributed by atoms with van der Waals surface area (Å²) in [6, 6.07) is 19.0. The van der Waals surface area contributed by atoms with E-state index in [0.29, 0.717) is 50.6 Å². The third-order valence-corrected chi connectivity index (χ3v) is 5.30. The monoisotopic (exact) mass is 404 g/mol. The summed E-state index contributed by atoms with van der Waals surface area (Å²) in [5.74, 6) is 0.922. The Bertz CT molecular complexity index is 980. The first-order chi connectivity index (χ1) is 14.7. The van der Waals surface area contributed by atoms with E-state index < -0.39 is 0 Å². The summed E-state index contributed by atoms with van der Waals surface area (Å²) in [6.07, 6.45) is 2.07. The highest BCUT2D eigenvalue weighted by Gasteiger charge is 2.27. The van der Waals surface area contributed by atoms with Gasteiger partial charge in [-0.3, -0.25) is 9.59 Å². The molecule has 7 heteroatoms. The van der Waals surface area contributed by atoms with Crippen molar-refractivity contribution in [1.29, 1.82) is 0 Å². The summed E-state index contributed by atoms with van der Waals surface area (Å²) in [7, 11) is 0. The topological polar surface area (TPSA) is 88.3 Å². The molecule has 2 amide bonds. The van der Waals surface area contributed by atoms with E-state index in [1.165, 1.54) is 0 Å². The van der Waals surface area contributed by atoms with Crippen LogP contribution in [0.3, 0.4) is 0 Å². The van der Waals surface area contributed by atoms with E-state index in [9.17, 15) is 9.59 Å². The summed E-state index contributed by atoms with van der Waals surface area (Å²) in [6.45, 7) is 1.18. The Morgan fingerprint density at radius 1 is 0.967 bits per heavy atom. The number of hydrogen-bond acceptors (Lipinski definition) is 5. The van der Waals surface area contributed by atoms with Crippen molar-refractivity contribution in [2.24, 2.45) is 5.92 Å². The van der Waals surface area contributed by atoms with Gasteiger partial charge in [0.05, 0.1) is 0 Å². The Labute approximate surface area is 175 Å². The maximum Gasteiger partial charge on any atom is 0.247 e. The summed E-state index contributed by atoms with van der Waals surface area (Å²) in [5.41, 5.74) is 1.66. The minimum absolute atomic E-state index is 0.0209. The molecular weight excluding hydrogens is 380 g/mol. The lowest BCUT2D eigenvalue weighted by Gasteiger charge is -2.31. The highest BCUT2D eigenvalue weighted by Crippen LogP contribution is 2.21. The lowest BCUT2D eigenvalue weighted by molar-refractivity contribution is -0.134. The van der Waals surface area contributed by atoms with Gasteiger partial charge in [-0.25, -0.2) is 0 Å². The fraction of sp³-hybridized carbons (Fsp3) is 0.304. The number of nitrogens with one attached hydrogen (secondary N) is 1. The number of anilines is 1. The molecule has 0 radical (unpaired) electrons. The van der Waals surface area contributed by atoms with Gasteiger partial charge in [0, 0.05) is 43.1 Å². The van der Waals surface area contributed by atoms with Gasteiger partial charge in [0.2, 0.25) is 23.6 Å². The summed E-state index contributed by atoms with van der Waals surface area (Å²) < 4.78 is 5.67. The number of amides is 2. The lowest BCUT2D eigenvalue weighted by atomic mass is 9.95. The van der Waals surface area contributed by atoms with Crippen LogP contribution in [0.25, 0.3) is 11.5 Å². The average molecular weight is 404 g/mol. The highest BCUT2D eigenvalue weighted by atomic mass is 16.4. The van der Waals surface area contributed by atoms with Crippen molar-refractivity contribution >= 4 is 17.5 Å². The summed E-state index contributed by atoms with van der Waals surface area (Å²) >= 11 is 0. The molecule has 30 heavy (non-hydrogen) atoms. The third-order valence-electron chi connectivity index (χ3n) is 5.30. The SMILES string of the molecule is O=C(Nc1ccccc1)C1CCN(C(=O)CCc2nnc(-c3ccccc3)o2)CC1. The van der Waals surface area contributed by atoms with E-state index in [4.69, 9.17) is 4.42 Å². The average Bonchev–Trinajstić information content (AvgIpc) is 3.28. The number of hydrogen-bond donors (Lipinski definition) is 1. The Morgan fingerprint density at radius 3 is 2.33 bits per heavy atom. The minimum atomic E-state index is -0.0707. The molecule has 1 N–H and O–H groups in total. The maximum absolute atomic E-state index is 12.6. The normalized spacial score (nSPS) is 14.5. The van der Waals surface area contributed by atoms with Crippen LogP contribution in [0, 0.1) is 5.92 Å². The number of carbonyl (C=O) groups excluding carboxylic acids is 2. The summed E-state index contributed by atoms with van der Waals surface area (Å²) in [4.78, 5) is 26.8. The standard InChI is InChI=1S/C23H24N4O3/c28-21(12-11-20-25-26-23(30-20)18-7-3-1-4-8-18)27-15-13-17(14-16-27)22(29)24-19-9-5-2-6-10-19/h1-10,17H,11-16H2,(H,24,29). The predicted molar refractivity (Wildman–Crippen MR) is 112 cm³/mol. The zero-order valence-corrected chi connectivity index (χ0v) is 16.7. The molecule has 1 aliphatic rings. The number of aromatic nitrogens is 2. The molecule has 0 aliphatic carbocycles. The molecule has 1 aliphatic heterocycles. The van der Waals surface area contributed by atoms with Crippen molar-refractivity contribution in [3.8, 4) is 11.5 Å². The molecule has 2 aromatic carbocycles. The Balaban J connectivity index is 1.23. The van der Waals surface area contributed by atoms with E-state index in [1.54, 1.807) is 0 Å². The molecule has 0 atom stereocenters. The first-order valence-corrected chi connectivity index (χ1v) is 10.2. The van der Waals surface area contributed by atoms with Crippen LogP contribution < -0.4 is 5.32 Å². The van der Waals surface area contributed by atoms with Crippen LogP contribution in [0.4, 0.5) is 5.69 Å². The Morgan fingerprint density at radius 2 is 1.63 bits per heavy atom. The second-order valence-electron chi connectivity index (χ2n) is 7.38. The van der Waals surface area contributed by atoms with Crippen LogP contribution in [-0.2, 0) is 16.0 Å². The van der Waals surface area contributed by atoms with Gasteiger partial charge in [0.25, 0.3) is 0 Å². The fourth-order valence-electron chi connectivity index (χ4n) is 3.58. The predicted octanol–water partition coefficient (Wildman–Crippen LogP) is 3.55. The van der Waals surface area contributed by atoms with E-state index in [1.807, 2.05) is 65.6 Å². The molecule has 0 bridgehead atoms. The quantitative estimate of drug-likeness (QED) is 0.679. The number of para-hydroxylation sites is 1. The van der Waals surface area contributed by atoms with Gasteiger partial charge in [-0.05, 0) is 37.1 Å². The van der Waals surface area contributed by atoms with Gasteiger partial charge in [0.1, 0.15) is 0 Å². The molecule has 0 unspecified atom stereocenters. The molecular formula is C23H24N4O3. The first-order valence-electron chi connectivity index (χ1n) is 10.2. The van der Waals surface area contributed by atoms with Crippen molar-refractivity contribution in [2.75, 3.05) is 18.4 Å². The smallest absolute Gasteiger partial charge is 0.247 e. The van der Waals surface area contributed by atoms with Crippen LogP contribution in [0.5, 0.6) is 0 Å². The number of rotatable bonds is 6. The van der Waals surface area contributed by atoms with E-state index in [0.717, 1.165) is 11.3 Å². The second-order valence-corrected chi connectivity index (χ2v) is 7.38. The highest BCUT2D eigenvalue weighted by molar-refractivity contribution is 5.92. The first kappa shape index (κ1) is 19.8. The molecule has 7 nitrogen and oxygen atoms in total. The van der Waals surface area contributed by atoms with E-state index >= 15 is 0 Å². The zero-order valence-electron chi connectivity index (χ0n) is 16.7. The number of aryl methyl sites for hydroxylation is 1. The minimum Gasteiger partial charge on any atom is -0.421 e. The fourth-order valence-corrected chi connectivity index (χ4v) is 3.58. The van der Waals surface area contributed by atoms with Crippen LogP contribution in [0.1, 0.15) is 25.2 Å². The number of nitrogens with zero attached hydrogens (tertiary/aromatic N) is 3. The maximum atomic E-state index is 12.6. The second kappa shape index (κ2) is 9.35. The molecule has 2 heterocycles. The molecule has 4 rings (SSSR count). The molecule has 1 saturated heterocycles. The number of carbonyl (C=O) groups is 2. The van der Waals surface area contributed by atoms with E-state index in [2.05, 4.69) is 15.5 Å². The van der Waals surface area contributed by atoms with Crippen LogP contribution in [-0.4, -0.2) is 40.0 Å². The van der Waals surface area contributed by atoms with Crippen LogP contribution in [0.2, 0.25) is 0 Å². The third kappa shape index (κ3) is 4.92. The Kier molecular flexibility index (Phi) is 6.17. The molecule has 0 saturated carbocycles. The largest absolute Gasteiger partial charge is 0.421 e. The van der Waals surface area contributed by atoms with Gasteiger partial charge in [-0.15, -0.1) is 10.2 Å². The number of likely N-dealkylation sites (tertiary alicyclic amines) is 1. The number of piperidine rings is 1.